The number of nitrogens with zero attached hydrogens (tertiary/aromatic N) is 2. The molecule has 0 aliphatic heterocycles. The van der Waals surface area contributed by atoms with Crippen LogP contribution in [0.2, 0.25) is 0 Å². The molecule has 1 aromatic heterocycles. The van der Waals surface area contributed by atoms with Gasteiger partial charge in [0.15, 0.2) is 0 Å². The lowest BCUT2D eigenvalue weighted by Crippen LogP contribution is -1.87. The Kier molecular flexibility index (Phi) is 2.04. The summed E-state index contributed by atoms with van der Waals surface area (Å²) in [4.78, 5) is 3.94. The first-order chi connectivity index (χ1) is 8.25. The third kappa shape index (κ3) is 1.52. The summed E-state index contributed by atoms with van der Waals surface area (Å²) >= 11 is 0. The maximum Gasteiger partial charge on any atom is 0.261 e. The van der Waals surface area contributed by atoms with Gasteiger partial charge in [-0.25, -0.2) is 4.39 Å². The van der Waals surface area contributed by atoms with Crippen LogP contribution in [0.15, 0.2) is 40.9 Å². The van der Waals surface area contributed by atoms with Crippen molar-refractivity contribution in [2.24, 2.45) is 0 Å². The minimum Gasteiger partial charge on any atom is -0.365 e. The smallest absolute Gasteiger partial charge is 0.261 e. The molecule has 0 aliphatic rings. The number of halogens is 1. The van der Waals surface area contributed by atoms with Gasteiger partial charge in [0.05, 0.1) is 0 Å². The Morgan fingerprint density at radius 1 is 1.06 bits per heavy atom. The van der Waals surface area contributed by atoms with Crippen molar-refractivity contribution in [2.75, 3.05) is 5.73 Å². The Labute approximate surface area is 95.9 Å². The number of hydrogen-bond donors (Lipinski definition) is 1. The van der Waals surface area contributed by atoms with Crippen LogP contribution >= 0.6 is 0 Å². The first-order valence-corrected chi connectivity index (χ1v) is 5.02. The lowest BCUT2D eigenvalue weighted by Gasteiger charge is -2.03. The molecule has 3 aromatic rings. The normalized spacial score (nSPS) is 10.9. The Bertz CT molecular complexity index is 693. The van der Waals surface area contributed by atoms with Gasteiger partial charge in [-0.15, -0.1) is 0 Å². The first kappa shape index (κ1) is 9.77. The van der Waals surface area contributed by atoms with Crippen molar-refractivity contribution in [1.82, 2.24) is 10.1 Å². The van der Waals surface area contributed by atoms with Gasteiger partial charge in [0.1, 0.15) is 5.82 Å². The summed E-state index contributed by atoms with van der Waals surface area (Å²) in [7, 11) is 0. The second kappa shape index (κ2) is 3.55. The van der Waals surface area contributed by atoms with Gasteiger partial charge in [-0.2, -0.15) is 4.98 Å². The van der Waals surface area contributed by atoms with E-state index in [1.165, 1.54) is 6.07 Å². The van der Waals surface area contributed by atoms with Gasteiger partial charge >= 0.3 is 0 Å². The zero-order valence-electron chi connectivity index (χ0n) is 8.72. The van der Waals surface area contributed by atoms with Crippen molar-refractivity contribution < 1.29 is 8.91 Å². The molecule has 0 saturated carbocycles. The highest BCUT2D eigenvalue weighted by atomic mass is 19.1. The maximum atomic E-state index is 13.6. The molecule has 1 heterocycles. The number of rotatable bonds is 1. The minimum absolute atomic E-state index is 0.0633. The van der Waals surface area contributed by atoms with E-state index in [9.17, 15) is 4.39 Å². The van der Waals surface area contributed by atoms with Crippen LogP contribution in [-0.4, -0.2) is 10.1 Å². The van der Waals surface area contributed by atoms with Crippen LogP contribution in [0.5, 0.6) is 0 Å². The van der Waals surface area contributed by atoms with Gasteiger partial charge in [0.2, 0.25) is 0 Å². The number of nitrogen functional groups attached to an aromatic ring is 1. The third-order valence-corrected chi connectivity index (χ3v) is 2.54. The lowest BCUT2D eigenvalue weighted by molar-refractivity contribution is 0.433. The number of fused-ring (bicyclic) bond motifs is 1. The molecular formula is C12H8FN3O. The lowest BCUT2D eigenvalue weighted by atomic mass is 10.0. The zero-order chi connectivity index (χ0) is 11.8. The van der Waals surface area contributed by atoms with E-state index in [4.69, 9.17) is 10.3 Å². The molecule has 3 rings (SSSR count). The maximum absolute atomic E-state index is 13.6. The van der Waals surface area contributed by atoms with Crippen molar-refractivity contribution >= 4 is 16.7 Å². The van der Waals surface area contributed by atoms with Crippen molar-refractivity contribution in [3.63, 3.8) is 0 Å². The molecule has 2 aromatic carbocycles. The topological polar surface area (TPSA) is 64.9 Å². The van der Waals surface area contributed by atoms with Gasteiger partial charge in [0.25, 0.3) is 11.8 Å². The molecule has 0 bridgehead atoms. The quantitative estimate of drug-likeness (QED) is 0.696. The van der Waals surface area contributed by atoms with Gasteiger partial charge in [-0.1, -0.05) is 24.3 Å². The van der Waals surface area contributed by atoms with Crippen molar-refractivity contribution in [1.29, 1.82) is 0 Å². The molecule has 0 fully saturated rings. The molecule has 84 valence electrons. The van der Waals surface area contributed by atoms with Gasteiger partial charge in [-0.05, 0) is 22.7 Å². The highest BCUT2D eigenvalue weighted by Gasteiger charge is 2.12. The second-order valence-corrected chi connectivity index (χ2v) is 3.60. The summed E-state index contributed by atoms with van der Waals surface area (Å²) in [5, 5.41) is 4.75. The van der Waals surface area contributed by atoms with Crippen LogP contribution in [0.4, 0.5) is 10.3 Å². The molecule has 0 atom stereocenters. The largest absolute Gasteiger partial charge is 0.365 e. The number of hydrogen-bond acceptors (Lipinski definition) is 4. The predicted molar refractivity (Wildman–Crippen MR) is 61.6 cm³/mol. The summed E-state index contributed by atoms with van der Waals surface area (Å²) in [5.41, 5.74) is 6.07. The van der Waals surface area contributed by atoms with Crippen LogP contribution in [0.1, 0.15) is 0 Å². The molecule has 17 heavy (non-hydrogen) atoms. The molecule has 0 saturated heterocycles. The van der Waals surface area contributed by atoms with Crippen molar-refractivity contribution in [3.8, 4) is 11.5 Å². The van der Waals surface area contributed by atoms with Crippen LogP contribution in [0.3, 0.4) is 0 Å². The fourth-order valence-electron chi connectivity index (χ4n) is 1.79. The molecule has 0 aliphatic carbocycles. The Morgan fingerprint density at radius 2 is 1.82 bits per heavy atom. The molecule has 2 N–H and O–H groups in total. The average Bonchev–Trinajstić information content (AvgIpc) is 2.77. The summed E-state index contributed by atoms with van der Waals surface area (Å²) in [5.74, 6) is 0.0731. The Balaban J connectivity index is 2.34. The number of anilines is 1. The highest BCUT2D eigenvalue weighted by molar-refractivity contribution is 5.95. The summed E-state index contributed by atoms with van der Waals surface area (Å²) in [6, 6.07) is 10.1. The third-order valence-electron chi connectivity index (χ3n) is 2.54. The van der Waals surface area contributed by atoms with E-state index < -0.39 is 0 Å². The van der Waals surface area contributed by atoms with E-state index in [1.807, 2.05) is 6.07 Å². The van der Waals surface area contributed by atoms with Crippen LogP contribution < -0.4 is 5.73 Å². The monoisotopic (exact) mass is 229 g/mol. The highest BCUT2D eigenvalue weighted by Crippen LogP contribution is 2.29. The fraction of sp³-hybridized carbons (Fsp3) is 0. The number of benzene rings is 2. The zero-order valence-corrected chi connectivity index (χ0v) is 8.72. The van der Waals surface area contributed by atoms with Crippen LogP contribution in [0, 0.1) is 5.82 Å². The summed E-state index contributed by atoms with van der Waals surface area (Å²) in [6.45, 7) is 0. The molecule has 0 radical (unpaired) electrons. The van der Waals surface area contributed by atoms with E-state index >= 15 is 0 Å². The van der Waals surface area contributed by atoms with Gasteiger partial charge in [-0.3, -0.25) is 0 Å². The number of nitrogens with two attached hydrogens (primary N) is 1. The predicted octanol–water partition coefficient (Wildman–Crippen LogP) is 2.61. The number of aromatic nitrogens is 2. The molecule has 0 spiro atoms. The Hall–Kier alpha value is -2.43. The molecular weight excluding hydrogens is 221 g/mol. The Morgan fingerprint density at radius 3 is 2.53 bits per heavy atom. The van der Waals surface area contributed by atoms with Gasteiger partial charge in [0, 0.05) is 10.9 Å². The van der Waals surface area contributed by atoms with E-state index in [2.05, 4.69) is 10.1 Å². The molecule has 4 nitrogen and oxygen atoms in total. The SMILES string of the molecule is Nc1noc(-c2ccc(F)c3ccccc23)n1. The van der Waals surface area contributed by atoms with E-state index in [0.29, 0.717) is 16.8 Å². The van der Waals surface area contributed by atoms with E-state index in [1.54, 1.807) is 24.3 Å². The molecule has 0 unspecified atom stereocenters. The van der Waals surface area contributed by atoms with E-state index in [-0.39, 0.29) is 11.8 Å². The minimum atomic E-state index is -0.281. The summed E-state index contributed by atoms with van der Waals surface area (Å²) < 4.78 is 18.6. The average molecular weight is 229 g/mol. The second-order valence-electron chi connectivity index (χ2n) is 3.60. The molecule has 5 heteroatoms. The standard InChI is InChI=1S/C12H8FN3O/c13-10-6-5-9(11-15-12(14)16-17-11)7-3-1-2-4-8(7)10/h1-6H,(H2,14,16). The van der Waals surface area contributed by atoms with Crippen LogP contribution in [-0.2, 0) is 0 Å². The van der Waals surface area contributed by atoms with Crippen molar-refractivity contribution in [2.45, 2.75) is 0 Å². The summed E-state index contributed by atoms with van der Waals surface area (Å²) in [6.07, 6.45) is 0. The fourth-order valence-corrected chi connectivity index (χ4v) is 1.79. The van der Waals surface area contributed by atoms with Gasteiger partial charge < -0.3 is 10.3 Å². The van der Waals surface area contributed by atoms with Crippen LogP contribution in [0.25, 0.3) is 22.2 Å². The molecule has 0 amide bonds. The first-order valence-electron chi connectivity index (χ1n) is 5.02. The van der Waals surface area contributed by atoms with Crippen molar-refractivity contribution in [3.05, 3.63) is 42.2 Å². The van der Waals surface area contributed by atoms with E-state index in [0.717, 1.165) is 5.39 Å².